The van der Waals surface area contributed by atoms with E-state index in [9.17, 15) is 23.1 Å². The van der Waals surface area contributed by atoms with Crippen LogP contribution in [-0.4, -0.2) is 52.7 Å². The highest BCUT2D eigenvalue weighted by atomic mass is 32.1. The van der Waals surface area contributed by atoms with Crippen molar-refractivity contribution in [2.75, 3.05) is 13.2 Å². The molecule has 130 valence electrons. The minimum absolute atomic E-state index is 0.0131. The molecule has 0 aromatic carbocycles. The molecule has 0 aromatic heterocycles. The maximum atomic E-state index is 12.3. The quantitative estimate of drug-likeness (QED) is 0.649. The minimum atomic E-state index is -4.96. The first-order chi connectivity index (χ1) is 10.6. The Morgan fingerprint density at radius 3 is 2.70 bits per heavy atom. The number of amides is 1. The molecule has 6 nitrogen and oxygen atoms in total. The predicted molar refractivity (Wildman–Crippen MR) is 78.8 cm³/mol. The first kappa shape index (κ1) is 18.0. The van der Waals surface area contributed by atoms with Crippen molar-refractivity contribution >= 4 is 23.2 Å². The number of hydrogen-bond acceptors (Lipinski definition) is 4. The molecule has 3 N–H and O–H groups in total. The van der Waals surface area contributed by atoms with Crippen molar-refractivity contribution in [3.8, 4) is 0 Å². The van der Waals surface area contributed by atoms with Gasteiger partial charge in [-0.25, -0.2) is 0 Å². The zero-order valence-corrected chi connectivity index (χ0v) is 13.4. The standard InChI is InChI=1S/C13H18F3N3O3S/c1-6-7(2)10(22-9(6)5-20)19-4-8(3-17-12(19)23)18-11(21)13(14,15)16/h4,6-7,9-10,20H,3,5H2,1-2H3,(H,17,23)(H,18,21)/t6?,7-,9+,10+/m0/s1. The Morgan fingerprint density at radius 1 is 1.52 bits per heavy atom. The van der Waals surface area contributed by atoms with Crippen LogP contribution in [0.25, 0.3) is 0 Å². The Kier molecular flexibility index (Phi) is 5.17. The second kappa shape index (κ2) is 6.62. The molecule has 2 heterocycles. The molecule has 4 atom stereocenters. The summed E-state index contributed by atoms with van der Waals surface area (Å²) in [5.74, 6) is -2.00. The van der Waals surface area contributed by atoms with Gasteiger partial charge in [-0.3, -0.25) is 9.69 Å². The zero-order chi connectivity index (χ0) is 17.4. The summed E-state index contributed by atoms with van der Waals surface area (Å²) in [6.45, 7) is 3.65. The molecule has 23 heavy (non-hydrogen) atoms. The molecule has 1 amide bonds. The molecule has 0 aromatic rings. The fourth-order valence-electron chi connectivity index (χ4n) is 2.57. The lowest BCUT2D eigenvalue weighted by Gasteiger charge is -2.34. The molecule has 10 heteroatoms. The smallest absolute Gasteiger partial charge is 0.394 e. The Labute approximate surface area is 136 Å². The second-order valence-corrected chi connectivity index (χ2v) is 6.02. The SMILES string of the molecule is CC1[C@@H](CO)O[C@@H](N2C=C(NC(=O)C(F)(F)F)CNC2=S)[C@H]1C. The average molecular weight is 353 g/mol. The highest BCUT2D eigenvalue weighted by molar-refractivity contribution is 7.80. The highest BCUT2D eigenvalue weighted by Gasteiger charge is 2.43. The molecule has 0 spiro atoms. The number of carbonyl (C=O) groups excluding carboxylic acids is 1. The summed E-state index contributed by atoms with van der Waals surface area (Å²) in [5, 5.41) is 14.2. The van der Waals surface area contributed by atoms with Gasteiger partial charge in [-0.05, 0) is 18.1 Å². The van der Waals surface area contributed by atoms with Crippen LogP contribution in [0.15, 0.2) is 11.9 Å². The van der Waals surface area contributed by atoms with E-state index < -0.39 is 18.3 Å². The van der Waals surface area contributed by atoms with Crippen molar-refractivity contribution in [2.24, 2.45) is 11.8 Å². The van der Waals surface area contributed by atoms with E-state index in [1.165, 1.54) is 11.1 Å². The lowest BCUT2D eigenvalue weighted by atomic mass is 9.93. The van der Waals surface area contributed by atoms with Gasteiger partial charge in [0.2, 0.25) is 0 Å². The number of halogens is 3. The van der Waals surface area contributed by atoms with Crippen molar-refractivity contribution in [2.45, 2.75) is 32.4 Å². The number of aliphatic hydroxyl groups excluding tert-OH is 1. The summed E-state index contributed by atoms with van der Waals surface area (Å²) >= 11 is 5.16. The summed E-state index contributed by atoms with van der Waals surface area (Å²) in [7, 11) is 0. The maximum Gasteiger partial charge on any atom is 0.471 e. The van der Waals surface area contributed by atoms with Crippen LogP contribution in [0.4, 0.5) is 13.2 Å². The summed E-state index contributed by atoms with van der Waals surface area (Å²) < 4.78 is 42.7. The number of rotatable bonds is 3. The zero-order valence-electron chi connectivity index (χ0n) is 12.6. The number of ether oxygens (including phenoxy) is 1. The van der Waals surface area contributed by atoms with Crippen LogP contribution in [0.5, 0.6) is 0 Å². The average Bonchev–Trinajstić information content (AvgIpc) is 2.76. The van der Waals surface area contributed by atoms with Crippen LogP contribution in [0, 0.1) is 11.8 Å². The molecule has 2 aliphatic rings. The van der Waals surface area contributed by atoms with Gasteiger partial charge in [0.05, 0.1) is 25.0 Å². The number of aliphatic hydroxyl groups is 1. The maximum absolute atomic E-state index is 12.3. The molecule has 2 aliphatic heterocycles. The Balaban J connectivity index is 2.16. The van der Waals surface area contributed by atoms with E-state index in [0.29, 0.717) is 0 Å². The van der Waals surface area contributed by atoms with Gasteiger partial charge in [0.15, 0.2) is 5.11 Å². The third-order valence-corrected chi connectivity index (χ3v) is 4.48. The summed E-state index contributed by atoms with van der Waals surface area (Å²) in [6.07, 6.45) is -4.52. The van der Waals surface area contributed by atoms with Gasteiger partial charge in [0, 0.05) is 12.1 Å². The van der Waals surface area contributed by atoms with Gasteiger partial charge in [-0.1, -0.05) is 13.8 Å². The topological polar surface area (TPSA) is 73.8 Å². The molecule has 2 rings (SSSR count). The number of thiocarbonyl (C=S) groups is 1. The predicted octanol–water partition coefficient (Wildman–Crippen LogP) is 0.686. The summed E-state index contributed by atoms with van der Waals surface area (Å²) in [5.41, 5.74) is 0.0387. The van der Waals surface area contributed by atoms with Crippen LogP contribution in [0.2, 0.25) is 0 Å². The third kappa shape index (κ3) is 3.75. The number of alkyl halides is 3. The molecule has 1 saturated heterocycles. The first-order valence-electron chi connectivity index (χ1n) is 7.06. The Hall–Kier alpha value is -1.39. The van der Waals surface area contributed by atoms with E-state index >= 15 is 0 Å². The van der Waals surface area contributed by atoms with E-state index in [1.807, 2.05) is 19.2 Å². The van der Waals surface area contributed by atoms with Crippen molar-refractivity contribution < 1.29 is 27.8 Å². The fraction of sp³-hybridized carbons (Fsp3) is 0.692. The van der Waals surface area contributed by atoms with E-state index in [2.05, 4.69) is 5.32 Å². The summed E-state index contributed by atoms with van der Waals surface area (Å²) in [6, 6.07) is 0. The van der Waals surface area contributed by atoms with Crippen LogP contribution in [-0.2, 0) is 9.53 Å². The van der Waals surface area contributed by atoms with Crippen LogP contribution in [0.3, 0.4) is 0 Å². The Bertz CT molecular complexity index is 526. The highest BCUT2D eigenvalue weighted by Crippen LogP contribution is 2.34. The number of carbonyl (C=O) groups is 1. The molecular weight excluding hydrogens is 335 g/mol. The van der Waals surface area contributed by atoms with E-state index in [1.54, 1.807) is 0 Å². The van der Waals surface area contributed by atoms with Gasteiger partial charge in [0.25, 0.3) is 0 Å². The van der Waals surface area contributed by atoms with Crippen molar-refractivity contribution in [3.05, 3.63) is 11.9 Å². The minimum Gasteiger partial charge on any atom is -0.394 e. The molecule has 1 unspecified atom stereocenters. The lowest BCUT2D eigenvalue weighted by Crippen LogP contribution is -2.51. The van der Waals surface area contributed by atoms with Crippen molar-refractivity contribution in [1.82, 2.24) is 15.5 Å². The van der Waals surface area contributed by atoms with Crippen LogP contribution in [0.1, 0.15) is 13.8 Å². The lowest BCUT2D eigenvalue weighted by molar-refractivity contribution is -0.172. The van der Waals surface area contributed by atoms with Crippen molar-refractivity contribution in [3.63, 3.8) is 0 Å². The Morgan fingerprint density at radius 2 is 2.17 bits per heavy atom. The van der Waals surface area contributed by atoms with Gasteiger partial charge >= 0.3 is 12.1 Å². The monoisotopic (exact) mass is 353 g/mol. The van der Waals surface area contributed by atoms with E-state index in [-0.39, 0.29) is 41.9 Å². The molecular formula is C13H18F3N3O3S. The largest absolute Gasteiger partial charge is 0.471 e. The van der Waals surface area contributed by atoms with E-state index in [0.717, 1.165) is 0 Å². The van der Waals surface area contributed by atoms with E-state index in [4.69, 9.17) is 17.0 Å². The first-order valence-corrected chi connectivity index (χ1v) is 7.47. The second-order valence-electron chi connectivity index (χ2n) is 5.64. The number of hydrogen-bond donors (Lipinski definition) is 3. The van der Waals surface area contributed by atoms with Gasteiger partial charge in [-0.15, -0.1) is 0 Å². The fourth-order valence-corrected chi connectivity index (χ4v) is 2.80. The molecule has 0 aliphatic carbocycles. The molecule has 0 saturated carbocycles. The van der Waals surface area contributed by atoms with Gasteiger partial charge in [-0.2, -0.15) is 13.2 Å². The molecule has 0 radical (unpaired) electrons. The van der Waals surface area contributed by atoms with Gasteiger partial charge in [0.1, 0.15) is 6.23 Å². The molecule has 0 bridgehead atoms. The number of nitrogens with zero attached hydrogens (tertiary/aromatic N) is 1. The van der Waals surface area contributed by atoms with Crippen LogP contribution < -0.4 is 10.6 Å². The normalized spacial score (nSPS) is 31.7. The third-order valence-electron chi connectivity index (χ3n) is 4.12. The van der Waals surface area contributed by atoms with Crippen molar-refractivity contribution in [1.29, 1.82) is 0 Å². The van der Waals surface area contributed by atoms with Gasteiger partial charge < -0.3 is 20.5 Å². The molecule has 1 fully saturated rings. The summed E-state index contributed by atoms with van der Waals surface area (Å²) in [4.78, 5) is 12.5. The van der Waals surface area contributed by atoms with Crippen LogP contribution >= 0.6 is 12.2 Å². The number of nitrogens with one attached hydrogen (secondary N) is 2.